The first-order chi connectivity index (χ1) is 9.45. The SMILES string of the molecule is O=C(O)CC(NC(=O)Nc1cc(F)ccc1F)C1CC1. The number of nitrogens with one attached hydrogen (secondary N) is 2. The average Bonchev–Trinajstić information content (AvgIpc) is 3.16. The molecule has 0 heterocycles. The Balaban J connectivity index is 1.96. The molecule has 2 rings (SSSR count). The van der Waals surface area contributed by atoms with Gasteiger partial charge < -0.3 is 15.7 Å². The van der Waals surface area contributed by atoms with Crippen LogP contribution in [0.2, 0.25) is 0 Å². The highest BCUT2D eigenvalue weighted by atomic mass is 19.1. The van der Waals surface area contributed by atoms with E-state index in [-0.39, 0.29) is 18.0 Å². The number of carbonyl (C=O) groups excluding carboxylic acids is 1. The summed E-state index contributed by atoms with van der Waals surface area (Å²) in [5.74, 6) is -2.32. The molecular formula is C13H14F2N2O3. The Hall–Kier alpha value is -2.18. The molecule has 0 spiro atoms. The molecule has 0 aromatic heterocycles. The number of carboxylic acid groups (broad SMARTS) is 1. The van der Waals surface area contributed by atoms with Crippen LogP contribution in [0.4, 0.5) is 19.3 Å². The molecule has 1 aromatic rings. The van der Waals surface area contributed by atoms with Crippen LogP contribution in [0, 0.1) is 17.6 Å². The molecule has 2 amide bonds. The van der Waals surface area contributed by atoms with Gasteiger partial charge in [0.25, 0.3) is 0 Å². The minimum absolute atomic E-state index is 0.134. The van der Waals surface area contributed by atoms with Crippen LogP contribution in [-0.2, 0) is 4.79 Å². The van der Waals surface area contributed by atoms with Gasteiger partial charge in [0.05, 0.1) is 12.1 Å². The van der Waals surface area contributed by atoms with Crippen molar-refractivity contribution in [3.63, 3.8) is 0 Å². The Bertz CT molecular complexity index is 532. The van der Waals surface area contributed by atoms with E-state index in [0.717, 1.165) is 31.0 Å². The average molecular weight is 284 g/mol. The molecule has 1 aromatic carbocycles. The van der Waals surface area contributed by atoms with Crippen molar-refractivity contribution in [2.45, 2.75) is 25.3 Å². The lowest BCUT2D eigenvalue weighted by Gasteiger charge is -2.17. The monoisotopic (exact) mass is 284 g/mol. The van der Waals surface area contributed by atoms with Crippen molar-refractivity contribution in [1.82, 2.24) is 5.32 Å². The van der Waals surface area contributed by atoms with Crippen LogP contribution in [0.15, 0.2) is 18.2 Å². The van der Waals surface area contributed by atoms with Crippen molar-refractivity contribution in [3.05, 3.63) is 29.8 Å². The van der Waals surface area contributed by atoms with Gasteiger partial charge >= 0.3 is 12.0 Å². The number of halogens is 2. The molecule has 1 aliphatic rings. The molecule has 0 radical (unpaired) electrons. The van der Waals surface area contributed by atoms with E-state index in [0.29, 0.717) is 0 Å². The van der Waals surface area contributed by atoms with Crippen molar-refractivity contribution in [2.75, 3.05) is 5.32 Å². The van der Waals surface area contributed by atoms with Gasteiger partial charge in [-0.25, -0.2) is 13.6 Å². The molecule has 1 fully saturated rings. The molecule has 20 heavy (non-hydrogen) atoms. The third-order valence-electron chi connectivity index (χ3n) is 3.08. The first-order valence-electron chi connectivity index (χ1n) is 6.20. The van der Waals surface area contributed by atoms with E-state index < -0.39 is 29.7 Å². The highest BCUT2D eigenvalue weighted by Gasteiger charge is 2.33. The molecule has 1 aliphatic carbocycles. The van der Waals surface area contributed by atoms with Gasteiger partial charge in [-0.3, -0.25) is 4.79 Å². The van der Waals surface area contributed by atoms with E-state index in [2.05, 4.69) is 10.6 Å². The van der Waals surface area contributed by atoms with E-state index in [9.17, 15) is 18.4 Å². The predicted molar refractivity (Wildman–Crippen MR) is 67.3 cm³/mol. The van der Waals surface area contributed by atoms with Gasteiger partial charge in [0.15, 0.2) is 0 Å². The van der Waals surface area contributed by atoms with Gasteiger partial charge in [-0.15, -0.1) is 0 Å². The van der Waals surface area contributed by atoms with Crippen molar-refractivity contribution >= 4 is 17.7 Å². The number of amides is 2. The summed E-state index contributed by atoms with van der Waals surface area (Å²) in [5, 5.41) is 13.4. The fraction of sp³-hybridized carbons (Fsp3) is 0.385. The summed E-state index contributed by atoms with van der Waals surface area (Å²) in [6.45, 7) is 0. The summed E-state index contributed by atoms with van der Waals surface area (Å²) in [6, 6.07) is 1.46. The van der Waals surface area contributed by atoms with E-state index in [1.807, 2.05) is 0 Å². The van der Waals surface area contributed by atoms with Gasteiger partial charge in [0.1, 0.15) is 11.6 Å². The fourth-order valence-corrected chi connectivity index (χ4v) is 1.94. The number of hydrogen-bond donors (Lipinski definition) is 3. The molecular weight excluding hydrogens is 270 g/mol. The number of benzene rings is 1. The molecule has 1 saturated carbocycles. The summed E-state index contributed by atoms with van der Waals surface area (Å²) in [5.41, 5.74) is -0.285. The normalized spacial score (nSPS) is 15.5. The third kappa shape index (κ3) is 3.91. The topological polar surface area (TPSA) is 78.4 Å². The lowest BCUT2D eigenvalue weighted by atomic mass is 10.1. The van der Waals surface area contributed by atoms with Crippen LogP contribution >= 0.6 is 0 Å². The largest absolute Gasteiger partial charge is 0.481 e. The van der Waals surface area contributed by atoms with Crippen molar-refractivity contribution in [1.29, 1.82) is 0 Å². The van der Waals surface area contributed by atoms with Crippen LogP contribution in [-0.4, -0.2) is 23.1 Å². The maximum Gasteiger partial charge on any atom is 0.319 e. The molecule has 108 valence electrons. The van der Waals surface area contributed by atoms with Gasteiger partial charge in [-0.05, 0) is 30.9 Å². The lowest BCUT2D eigenvalue weighted by Crippen LogP contribution is -2.40. The standard InChI is InChI=1S/C13H14F2N2O3/c14-8-3-4-9(15)11(5-8)17-13(20)16-10(6-12(18)19)7-1-2-7/h3-5,7,10H,1-2,6H2,(H,18,19)(H2,16,17,20). The first-order valence-corrected chi connectivity index (χ1v) is 6.20. The smallest absolute Gasteiger partial charge is 0.319 e. The van der Waals surface area contributed by atoms with E-state index in [1.165, 1.54) is 0 Å². The minimum atomic E-state index is -1.01. The quantitative estimate of drug-likeness (QED) is 0.776. The highest BCUT2D eigenvalue weighted by molar-refractivity contribution is 5.89. The van der Waals surface area contributed by atoms with Crippen LogP contribution in [0.3, 0.4) is 0 Å². The number of carboxylic acids is 1. The number of aliphatic carboxylic acids is 1. The van der Waals surface area contributed by atoms with Crippen molar-refractivity contribution < 1.29 is 23.5 Å². The fourth-order valence-electron chi connectivity index (χ4n) is 1.94. The van der Waals surface area contributed by atoms with Crippen LogP contribution in [0.1, 0.15) is 19.3 Å². The first kappa shape index (κ1) is 14.2. The molecule has 3 N–H and O–H groups in total. The minimum Gasteiger partial charge on any atom is -0.481 e. The van der Waals surface area contributed by atoms with Crippen LogP contribution < -0.4 is 10.6 Å². The Morgan fingerprint density at radius 2 is 2.05 bits per heavy atom. The maximum atomic E-state index is 13.3. The van der Waals surface area contributed by atoms with Gasteiger partial charge in [0, 0.05) is 12.1 Å². The van der Waals surface area contributed by atoms with Gasteiger partial charge in [-0.2, -0.15) is 0 Å². The Morgan fingerprint density at radius 3 is 2.65 bits per heavy atom. The number of anilines is 1. The zero-order valence-corrected chi connectivity index (χ0v) is 10.5. The number of carbonyl (C=O) groups is 2. The Kier molecular flexibility index (Phi) is 4.16. The van der Waals surface area contributed by atoms with Crippen LogP contribution in [0.25, 0.3) is 0 Å². The summed E-state index contributed by atoms with van der Waals surface area (Å²) in [7, 11) is 0. The van der Waals surface area contributed by atoms with Crippen molar-refractivity contribution in [2.24, 2.45) is 5.92 Å². The predicted octanol–water partition coefficient (Wildman–Crippen LogP) is 2.34. The molecule has 1 atom stereocenters. The summed E-state index contributed by atoms with van der Waals surface area (Å²) >= 11 is 0. The molecule has 0 aliphatic heterocycles. The Labute approximate surface area is 114 Å². The van der Waals surface area contributed by atoms with E-state index >= 15 is 0 Å². The zero-order chi connectivity index (χ0) is 14.7. The molecule has 1 unspecified atom stereocenters. The second-order valence-electron chi connectivity index (χ2n) is 4.76. The second kappa shape index (κ2) is 5.85. The number of rotatable bonds is 5. The highest BCUT2D eigenvalue weighted by Crippen LogP contribution is 2.34. The summed E-state index contributed by atoms with van der Waals surface area (Å²) in [6.07, 6.45) is 1.52. The second-order valence-corrected chi connectivity index (χ2v) is 4.76. The molecule has 0 bridgehead atoms. The Morgan fingerprint density at radius 1 is 1.35 bits per heavy atom. The van der Waals surface area contributed by atoms with Gasteiger partial charge in [-0.1, -0.05) is 0 Å². The summed E-state index contributed by atoms with van der Waals surface area (Å²) < 4.78 is 26.3. The zero-order valence-electron chi connectivity index (χ0n) is 10.5. The lowest BCUT2D eigenvalue weighted by molar-refractivity contribution is -0.137. The number of hydrogen-bond acceptors (Lipinski definition) is 2. The third-order valence-corrected chi connectivity index (χ3v) is 3.08. The maximum absolute atomic E-state index is 13.3. The number of urea groups is 1. The molecule has 0 saturated heterocycles. The van der Waals surface area contributed by atoms with Crippen LogP contribution in [0.5, 0.6) is 0 Å². The molecule has 7 heteroatoms. The molecule has 5 nitrogen and oxygen atoms in total. The van der Waals surface area contributed by atoms with E-state index in [4.69, 9.17) is 5.11 Å². The summed E-state index contributed by atoms with van der Waals surface area (Å²) in [4.78, 5) is 22.4. The van der Waals surface area contributed by atoms with Crippen molar-refractivity contribution in [3.8, 4) is 0 Å². The van der Waals surface area contributed by atoms with E-state index in [1.54, 1.807) is 0 Å². The van der Waals surface area contributed by atoms with Gasteiger partial charge in [0.2, 0.25) is 0 Å².